The Kier molecular flexibility index (Phi) is 1.71. The van der Waals surface area contributed by atoms with Crippen molar-refractivity contribution < 1.29 is 0 Å². The quantitative estimate of drug-likeness (QED) is 0.640. The van der Waals surface area contributed by atoms with E-state index in [9.17, 15) is 0 Å². The molecule has 0 bridgehead atoms. The predicted molar refractivity (Wildman–Crippen MR) is 47.5 cm³/mol. The number of nitrogens with one attached hydrogen (secondary N) is 1. The second-order valence-corrected chi connectivity index (χ2v) is 4.49. The van der Waals surface area contributed by atoms with Gasteiger partial charge >= 0.3 is 0 Å². The van der Waals surface area contributed by atoms with Crippen molar-refractivity contribution in [2.75, 3.05) is 13.6 Å². The molecule has 3 unspecified atom stereocenters. The average Bonchev–Trinajstić information content (AvgIpc) is 2.53. The molecule has 11 heavy (non-hydrogen) atoms. The Balaban J connectivity index is 1.94. The summed E-state index contributed by atoms with van der Waals surface area (Å²) in [4.78, 5) is 0. The molecule has 2 saturated carbocycles. The summed E-state index contributed by atoms with van der Waals surface area (Å²) in [5, 5.41) is 3.30. The minimum Gasteiger partial charge on any atom is -0.319 e. The fourth-order valence-corrected chi connectivity index (χ4v) is 3.10. The van der Waals surface area contributed by atoms with Crippen molar-refractivity contribution >= 4 is 0 Å². The predicted octanol–water partition coefficient (Wildman–Crippen LogP) is 2.03. The van der Waals surface area contributed by atoms with Crippen LogP contribution in [0.15, 0.2) is 0 Å². The Bertz CT molecular complexity index is 155. The van der Waals surface area contributed by atoms with E-state index in [0.29, 0.717) is 0 Å². The highest BCUT2D eigenvalue weighted by Gasteiger charge is 2.58. The summed E-state index contributed by atoms with van der Waals surface area (Å²) in [5.41, 5.74) is 0.809. The number of rotatable bonds is 2. The van der Waals surface area contributed by atoms with E-state index in [1.165, 1.54) is 32.2 Å². The van der Waals surface area contributed by atoms with E-state index in [1.807, 2.05) is 0 Å². The summed E-state index contributed by atoms with van der Waals surface area (Å²) >= 11 is 0. The molecule has 0 heterocycles. The number of hydrogen-bond acceptors (Lipinski definition) is 1. The first kappa shape index (κ1) is 7.60. The van der Waals surface area contributed by atoms with Crippen LogP contribution in [0.5, 0.6) is 0 Å². The molecule has 0 aromatic heterocycles. The molecule has 2 rings (SSSR count). The van der Waals surface area contributed by atoms with Crippen LogP contribution in [-0.4, -0.2) is 13.6 Å². The van der Waals surface area contributed by atoms with Gasteiger partial charge in [0.15, 0.2) is 0 Å². The zero-order valence-corrected chi connectivity index (χ0v) is 7.69. The van der Waals surface area contributed by atoms with Crippen LogP contribution in [0.4, 0.5) is 0 Å². The number of hydrogen-bond donors (Lipinski definition) is 1. The van der Waals surface area contributed by atoms with Gasteiger partial charge in [-0.15, -0.1) is 0 Å². The first-order valence-corrected chi connectivity index (χ1v) is 4.94. The lowest BCUT2D eigenvalue weighted by Gasteiger charge is -2.14. The molecule has 1 nitrogen and oxygen atoms in total. The van der Waals surface area contributed by atoms with Crippen molar-refractivity contribution in [3.63, 3.8) is 0 Å². The summed E-state index contributed by atoms with van der Waals surface area (Å²) < 4.78 is 0. The zero-order valence-electron chi connectivity index (χ0n) is 7.69. The molecule has 1 heteroatoms. The molecular weight excluding hydrogens is 134 g/mol. The molecule has 0 radical (unpaired) electrons. The summed E-state index contributed by atoms with van der Waals surface area (Å²) in [6, 6.07) is 0. The van der Waals surface area contributed by atoms with Gasteiger partial charge in [-0.2, -0.15) is 0 Å². The molecular formula is C10H19N. The first-order valence-electron chi connectivity index (χ1n) is 4.94. The summed E-state index contributed by atoms with van der Waals surface area (Å²) in [6.07, 6.45) is 6.00. The Labute approximate surface area is 69.6 Å². The minimum atomic E-state index is 0.809. The van der Waals surface area contributed by atoms with Crippen LogP contribution in [0.25, 0.3) is 0 Å². The Morgan fingerprint density at radius 3 is 2.91 bits per heavy atom. The van der Waals surface area contributed by atoms with E-state index in [4.69, 9.17) is 0 Å². The van der Waals surface area contributed by atoms with Gasteiger partial charge in [-0.05, 0) is 43.7 Å². The largest absolute Gasteiger partial charge is 0.319 e. The van der Waals surface area contributed by atoms with Gasteiger partial charge in [0.1, 0.15) is 0 Å². The van der Waals surface area contributed by atoms with E-state index in [2.05, 4.69) is 19.3 Å². The maximum Gasteiger partial charge on any atom is -0.00179 e. The van der Waals surface area contributed by atoms with E-state index in [-0.39, 0.29) is 0 Å². The highest BCUT2D eigenvalue weighted by atomic mass is 14.8. The lowest BCUT2D eigenvalue weighted by Crippen LogP contribution is -2.16. The van der Waals surface area contributed by atoms with E-state index in [0.717, 1.165) is 17.3 Å². The van der Waals surface area contributed by atoms with Crippen LogP contribution >= 0.6 is 0 Å². The van der Waals surface area contributed by atoms with Gasteiger partial charge in [-0.1, -0.05) is 19.8 Å². The van der Waals surface area contributed by atoms with Gasteiger partial charge in [-0.25, -0.2) is 0 Å². The maximum absolute atomic E-state index is 3.30. The van der Waals surface area contributed by atoms with Gasteiger partial charge in [0.2, 0.25) is 0 Å². The zero-order chi connectivity index (χ0) is 7.90. The Hall–Kier alpha value is -0.0400. The molecule has 2 fully saturated rings. The molecule has 0 aliphatic heterocycles. The van der Waals surface area contributed by atoms with Crippen LogP contribution in [0.3, 0.4) is 0 Å². The highest BCUT2D eigenvalue weighted by molar-refractivity contribution is 5.08. The normalized spacial score (nSPS) is 48.5. The smallest absolute Gasteiger partial charge is 0.00179 e. The average molecular weight is 153 g/mol. The third kappa shape index (κ3) is 1.01. The van der Waals surface area contributed by atoms with Crippen molar-refractivity contribution in [1.29, 1.82) is 0 Å². The SMILES string of the molecule is CNCC1CC12CCCC2C. The fourth-order valence-electron chi connectivity index (χ4n) is 3.10. The Morgan fingerprint density at radius 1 is 1.55 bits per heavy atom. The summed E-state index contributed by atoms with van der Waals surface area (Å²) in [5.74, 6) is 2.03. The van der Waals surface area contributed by atoms with E-state index < -0.39 is 0 Å². The second kappa shape index (κ2) is 2.48. The van der Waals surface area contributed by atoms with Gasteiger partial charge < -0.3 is 5.32 Å². The molecule has 64 valence electrons. The standard InChI is InChI=1S/C10H19N/c1-8-4-3-5-10(8)6-9(10)7-11-2/h8-9,11H,3-7H2,1-2H3. The lowest BCUT2D eigenvalue weighted by atomic mass is 9.92. The van der Waals surface area contributed by atoms with Crippen LogP contribution < -0.4 is 5.32 Å². The highest BCUT2D eigenvalue weighted by Crippen LogP contribution is 2.65. The summed E-state index contributed by atoms with van der Waals surface area (Å²) in [7, 11) is 2.08. The van der Waals surface area contributed by atoms with Crippen molar-refractivity contribution in [3.8, 4) is 0 Å². The van der Waals surface area contributed by atoms with Crippen LogP contribution in [0.2, 0.25) is 0 Å². The third-order valence-electron chi connectivity index (χ3n) is 3.99. The molecule has 3 atom stereocenters. The monoisotopic (exact) mass is 153 g/mol. The van der Waals surface area contributed by atoms with Gasteiger partial charge in [0, 0.05) is 0 Å². The van der Waals surface area contributed by atoms with Crippen molar-refractivity contribution in [3.05, 3.63) is 0 Å². The Morgan fingerprint density at radius 2 is 2.36 bits per heavy atom. The van der Waals surface area contributed by atoms with Crippen LogP contribution in [0.1, 0.15) is 32.6 Å². The van der Waals surface area contributed by atoms with Gasteiger partial charge in [0.05, 0.1) is 0 Å². The molecule has 2 aliphatic carbocycles. The van der Waals surface area contributed by atoms with Crippen molar-refractivity contribution in [1.82, 2.24) is 5.32 Å². The minimum absolute atomic E-state index is 0.809. The summed E-state index contributed by atoms with van der Waals surface area (Å²) in [6.45, 7) is 3.70. The topological polar surface area (TPSA) is 12.0 Å². The van der Waals surface area contributed by atoms with E-state index in [1.54, 1.807) is 0 Å². The van der Waals surface area contributed by atoms with Crippen LogP contribution in [0, 0.1) is 17.3 Å². The van der Waals surface area contributed by atoms with Crippen LogP contribution in [-0.2, 0) is 0 Å². The molecule has 0 amide bonds. The van der Waals surface area contributed by atoms with Crippen molar-refractivity contribution in [2.45, 2.75) is 32.6 Å². The maximum atomic E-state index is 3.30. The molecule has 0 saturated heterocycles. The molecule has 0 aromatic rings. The lowest BCUT2D eigenvalue weighted by molar-refractivity contribution is 0.353. The van der Waals surface area contributed by atoms with Gasteiger partial charge in [0.25, 0.3) is 0 Å². The first-order chi connectivity index (χ1) is 5.29. The van der Waals surface area contributed by atoms with E-state index >= 15 is 0 Å². The molecule has 1 spiro atoms. The fraction of sp³-hybridized carbons (Fsp3) is 1.00. The third-order valence-corrected chi connectivity index (χ3v) is 3.99. The second-order valence-electron chi connectivity index (χ2n) is 4.49. The molecule has 1 N–H and O–H groups in total. The van der Waals surface area contributed by atoms with Crippen molar-refractivity contribution in [2.24, 2.45) is 17.3 Å². The molecule has 2 aliphatic rings. The molecule has 0 aromatic carbocycles. The van der Waals surface area contributed by atoms with Gasteiger partial charge in [-0.3, -0.25) is 0 Å².